The molecule has 1 N–H and O–H groups in total. The van der Waals surface area contributed by atoms with Crippen molar-refractivity contribution in [2.75, 3.05) is 0 Å². The molecule has 0 fully saturated rings. The Balaban J connectivity index is 1.47. The van der Waals surface area contributed by atoms with E-state index in [-0.39, 0.29) is 0 Å². The molecule has 5 nitrogen and oxygen atoms in total. The number of fused-ring (bicyclic) bond motifs is 3. The predicted octanol–water partition coefficient (Wildman–Crippen LogP) is 7.78. The van der Waals surface area contributed by atoms with Crippen molar-refractivity contribution in [3.63, 3.8) is 0 Å². The number of carbonyl (C=O) groups is 1. The van der Waals surface area contributed by atoms with Crippen LogP contribution in [-0.4, -0.2) is 21.4 Å². The first-order valence-electron chi connectivity index (χ1n) is 13.1. The number of carbonyl (C=O) groups excluding carboxylic acids is 1. The Morgan fingerprint density at radius 1 is 0.949 bits per heavy atom. The van der Waals surface area contributed by atoms with Crippen LogP contribution in [-0.2, 0) is 21.9 Å². The summed E-state index contributed by atoms with van der Waals surface area (Å²) in [7, 11) is 0. The monoisotopic (exact) mass is 536 g/mol. The van der Waals surface area contributed by atoms with Crippen LogP contribution in [0.3, 0.4) is 0 Å². The maximum Gasteiger partial charge on any atom is 0.331 e. The molecule has 0 saturated carbocycles. The van der Waals surface area contributed by atoms with Crippen LogP contribution in [0.1, 0.15) is 54.7 Å². The fraction of sp³-hybridized carbons (Fsp3) is 0.212. The second kappa shape index (κ2) is 11.5. The number of nitrogens with zero attached hydrogens (tertiary/aromatic N) is 2. The Labute approximate surface area is 233 Å². The van der Waals surface area contributed by atoms with Gasteiger partial charge < -0.3 is 14.5 Å². The third-order valence-corrected chi connectivity index (χ3v) is 8.10. The van der Waals surface area contributed by atoms with Gasteiger partial charge in [-0.1, -0.05) is 53.7 Å². The molecule has 1 atom stereocenters. The highest BCUT2D eigenvalue weighted by Crippen LogP contribution is 2.35. The number of oxime groups is 1. The molecule has 1 heterocycles. The summed E-state index contributed by atoms with van der Waals surface area (Å²) in [6.45, 7) is 8.17. The normalized spacial score (nSPS) is 12.7. The molecule has 0 aliphatic carbocycles. The van der Waals surface area contributed by atoms with Gasteiger partial charge in [-0.3, -0.25) is 0 Å². The summed E-state index contributed by atoms with van der Waals surface area (Å²) >= 11 is 1.80. The fourth-order valence-corrected chi connectivity index (χ4v) is 5.96. The van der Waals surface area contributed by atoms with E-state index < -0.39 is 12.1 Å². The van der Waals surface area contributed by atoms with Crippen LogP contribution >= 0.6 is 11.8 Å². The lowest BCUT2D eigenvalue weighted by Crippen LogP contribution is -2.02. The number of hydrogen-bond acceptors (Lipinski definition) is 5. The summed E-state index contributed by atoms with van der Waals surface area (Å²) in [6.07, 6.45) is -0.738. The van der Waals surface area contributed by atoms with E-state index in [0.717, 1.165) is 56.4 Å². The second-order valence-corrected chi connectivity index (χ2v) is 10.8. The van der Waals surface area contributed by atoms with Gasteiger partial charge in [-0.25, -0.2) is 4.79 Å². The number of hydrogen-bond donors (Lipinski definition) is 1. The van der Waals surface area contributed by atoms with Gasteiger partial charge in [-0.05, 0) is 85.0 Å². The molecule has 0 radical (unpaired) electrons. The zero-order chi connectivity index (χ0) is 27.5. The quantitative estimate of drug-likeness (QED) is 0.0952. The smallest absolute Gasteiger partial charge is 0.331 e. The molecule has 6 heteroatoms. The molecule has 4 aromatic carbocycles. The van der Waals surface area contributed by atoms with E-state index in [2.05, 4.69) is 84.2 Å². The van der Waals surface area contributed by atoms with E-state index in [4.69, 9.17) is 4.84 Å². The zero-order valence-electron chi connectivity index (χ0n) is 22.6. The standard InChI is InChI=1S/C33H32N2O3S/c1-5-35-31-15-11-25(22(3)34-38-23(4)36)18-29(31)30-19-26(12-16-32(30)35)33(37)28-14-13-27(17-21(28)2)39-20-24-9-7-6-8-10-24/h6-19,33,37H,5,20H2,1-4H3/b34-22+. The van der Waals surface area contributed by atoms with Crippen LogP contribution in [0.4, 0.5) is 0 Å². The largest absolute Gasteiger partial charge is 0.384 e. The number of aliphatic hydroxyl groups is 1. The number of aliphatic hydroxyl groups excluding tert-OH is 1. The molecule has 0 spiro atoms. The highest BCUT2D eigenvalue weighted by atomic mass is 32.2. The van der Waals surface area contributed by atoms with Gasteiger partial charge in [0.1, 0.15) is 6.10 Å². The molecule has 0 saturated heterocycles. The van der Waals surface area contributed by atoms with E-state index in [0.29, 0.717) is 5.71 Å². The maximum atomic E-state index is 11.5. The lowest BCUT2D eigenvalue weighted by atomic mass is 9.96. The Kier molecular flexibility index (Phi) is 7.87. The van der Waals surface area contributed by atoms with Crippen molar-refractivity contribution in [2.24, 2.45) is 5.16 Å². The summed E-state index contributed by atoms with van der Waals surface area (Å²) in [5.41, 5.74) is 7.84. The fourth-order valence-electron chi connectivity index (χ4n) is 5.01. The molecule has 0 aliphatic rings. The van der Waals surface area contributed by atoms with E-state index >= 15 is 0 Å². The number of aryl methyl sites for hydroxylation is 2. The highest BCUT2D eigenvalue weighted by molar-refractivity contribution is 7.98. The number of benzene rings is 4. The first-order valence-corrected chi connectivity index (χ1v) is 14.1. The molecular formula is C33H32N2O3S. The van der Waals surface area contributed by atoms with Gasteiger partial charge in [0.25, 0.3) is 0 Å². The number of aromatic nitrogens is 1. The van der Waals surface area contributed by atoms with Crippen molar-refractivity contribution in [1.82, 2.24) is 4.57 Å². The molecule has 198 valence electrons. The van der Waals surface area contributed by atoms with Crippen LogP contribution in [0.25, 0.3) is 21.8 Å². The van der Waals surface area contributed by atoms with Gasteiger partial charge in [0.2, 0.25) is 0 Å². The summed E-state index contributed by atoms with van der Waals surface area (Å²) in [4.78, 5) is 17.2. The zero-order valence-corrected chi connectivity index (χ0v) is 23.5. The summed E-state index contributed by atoms with van der Waals surface area (Å²) in [5, 5.41) is 17.5. The van der Waals surface area contributed by atoms with Gasteiger partial charge in [0.05, 0.1) is 5.71 Å². The van der Waals surface area contributed by atoms with Crippen LogP contribution in [0, 0.1) is 6.92 Å². The first kappa shape index (κ1) is 26.7. The maximum absolute atomic E-state index is 11.5. The Morgan fingerprint density at radius 3 is 2.36 bits per heavy atom. The van der Waals surface area contributed by atoms with E-state index in [9.17, 15) is 9.90 Å². The predicted molar refractivity (Wildman–Crippen MR) is 160 cm³/mol. The van der Waals surface area contributed by atoms with Crippen LogP contribution in [0.5, 0.6) is 0 Å². The molecule has 0 bridgehead atoms. The lowest BCUT2D eigenvalue weighted by Gasteiger charge is -2.16. The summed E-state index contributed by atoms with van der Waals surface area (Å²) in [6, 6.07) is 29.1. The minimum Gasteiger partial charge on any atom is -0.384 e. The highest BCUT2D eigenvalue weighted by Gasteiger charge is 2.17. The van der Waals surface area contributed by atoms with Gasteiger partial charge in [-0.15, -0.1) is 11.8 Å². The summed E-state index contributed by atoms with van der Waals surface area (Å²) in [5.74, 6) is 0.461. The van der Waals surface area contributed by atoms with Crippen molar-refractivity contribution in [3.8, 4) is 0 Å². The van der Waals surface area contributed by atoms with Crippen molar-refractivity contribution in [3.05, 3.63) is 113 Å². The van der Waals surface area contributed by atoms with Gasteiger partial charge in [0, 0.05) is 45.9 Å². The average Bonchev–Trinajstić information content (AvgIpc) is 3.27. The Morgan fingerprint density at radius 2 is 1.67 bits per heavy atom. The third kappa shape index (κ3) is 5.63. The second-order valence-electron chi connectivity index (χ2n) is 9.71. The van der Waals surface area contributed by atoms with Gasteiger partial charge in [0.15, 0.2) is 0 Å². The SMILES string of the molecule is CCn1c2ccc(/C(C)=N/OC(C)=O)cc2c2cc(C(O)c3ccc(SCc4ccccc4)cc3C)ccc21. The summed E-state index contributed by atoms with van der Waals surface area (Å²) < 4.78 is 2.27. The Hall–Kier alpha value is -3.87. The molecule has 5 aromatic rings. The van der Waals surface area contributed by atoms with Crippen molar-refractivity contribution < 1.29 is 14.7 Å². The Bertz CT molecular complexity index is 1690. The molecule has 0 amide bonds. The van der Waals surface area contributed by atoms with E-state index in [1.54, 1.807) is 11.8 Å². The van der Waals surface area contributed by atoms with Crippen LogP contribution in [0.15, 0.2) is 95.0 Å². The van der Waals surface area contributed by atoms with E-state index in [1.807, 2.05) is 31.2 Å². The third-order valence-electron chi connectivity index (χ3n) is 7.03. The molecule has 5 rings (SSSR count). The number of thioether (sulfide) groups is 1. The van der Waals surface area contributed by atoms with Gasteiger partial charge in [-0.2, -0.15) is 0 Å². The van der Waals surface area contributed by atoms with Gasteiger partial charge >= 0.3 is 5.97 Å². The van der Waals surface area contributed by atoms with Crippen molar-refractivity contribution in [1.29, 1.82) is 0 Å². The molecule has 1 aromatic heterocycles. The molecular weight excluding hydrogens is 504 g/mol. The van der Waals surface area contributed by atoms with Crippen molar-refractivity contribution in [2.45, 2.75) is 51.0 Å². The average molecular weight is 537 g/mol. The minimum atomic E-state index is -0.738. The molecule has 0 aliphatic heterocycles. The lowest BCUT2D eigenvalue weighted by molar-refractivity contribution is -0.140. The molecule has 1 unspecified atom stereocenters. The minimum absolute atomic E-state index is 0.449. The first-order chi connectivity index (χ1) is 18.9. The van der Waals surface area contributed by atoms with Crippen LogP contribution < -0.4 is 0 Å². The van der Waals surface area contributed by atoms with E-state index in [1.165, 1.54) is 17.4 Å². The topological polar surface area (TPSA) is 63.8 Å². The number of rotatable bonds is 8. The van der Waals surface area contributed by atoms with Crippen molar-refractivity contribution >= 4 is 45.2 Å². The molecule has 39 heavy (non-hydrogen) atoms. The van der Waals surface area contributed by atoms with Crippen LogP contribution in [0.2, 0.25) is 0 Å².